The van der Waals surface area contributed by atoms with E-state index in [2.05, 4.69) is 0 Å². The molecule has 0 saturated heterocycles. The lowest BCUT2D eigenvalue weighted by Crippen LogP contribution is -2.25. The van der Waals surface area contributed by atoms with Crippen molar-refractivity contribution in [1.82, 2.24) is 0 Å². The van der Waals surface area contributed by atoms with Crippen LogP contribution in [0.2, 0.25) is 0 Å². The van der Waals surface area contributed by atoms with Gasteiger partial charge in [0.05, 0.1) is 4.88 Å². The molecule has 0 radical (unpaired) electrons. The van der Waals surface area contributed by atoms with E-state index in [4.69, 9.17) is 0 Å². The SMILES string of the molecule is Cc1cccc(N(C)C(=O)c2ccc(-c3ccc(O)c(C)c3)s2)c1. The Morgan fingerprint density at radius 1 is 1.04 bits per heavy atom. The van der Waals surface area contributed by atoms with Gasteiger partial charge in [-0.2, -0.15) is 0 Å². The van der Waals surface area contributed by atoms with Gasteiger partial charge in [-0.25, -0.2) is 0 Å². The van der Waals surface area contributed by atoms with Gasteiger partial charge in [-0.1, -0.05) is 12.1 Å². The number of hydrogen-bond donors (Lipinski definition) is 1. The molecule has 0 unspecified atom stereocenters. The molecule has 122 valence electrons. The summed E-state index contributed by atoms with van der Waals surface area (Å²) in [7, 11) is 1.79. The second kappa shape index (κ2) is 6.49. The van der Waals surface area contributed by atoms with E-state index in [1.807, 2.05) is 62.4 Å². The average Bonchev–Trinajstić information content (AvgIpc) is 3.06. The molecule has 0 bridgehead atoms. The highest BCUT2D eigenvalue weighted by Crippen LogP contribution is 2.32. The van der Waals surface area contributed by atoms with Crippen LogP contribution in [0.25, 0.3) is 10.4 Å². The Hall–Kier alpha value is -2.59. The number of thiophene rings is 1. The summed E-state index contributed by atoms with van der Waals surface area (Å²) in [6, 6.07) is 17.2. The van der Waals surface area contributed by atoms with Crippen molar-refractivity contribution >= 4 is 22.9 Å². The van der Waals surface area contributed by atoms with E-state index in [-0.39, 0.29) is 11.7 Å². The molecule has 0 fully saturated rings. The summed E-state index contributed by atoms with van der Waals surface area (Å²) in [5, 5.41) is 9.65. The largest absolute Gasteiger partial charge is 0.508 e. The van der Waals surface area contributed by atoms with Gasteiger partial charge in [0.15, 0.2) is 0 Å². The first-order chi connectivity index (χ1) is 11.5. The summed E-state index contributed by atoms with van der Waals surface area (Å²) in [5.41, 5.74) is 3.84. The highest BCUT2D eigenvalue weighted by Gasteiger charge is 2.16. The highest BCUT2D eigenvalue weighted by molar-refractivity contribution is 7.17. The number of amides is 1. The van der Waals surface area contributed by atoms with E-state index in [1.54, 1.807) is 18.0 Å². The molecular formula is C20H19NO2S. The molecule has 3 aromatic rings. The fourth-order valence-corrected chi connectivity index (χ4v) is 3.51. The molecule has 0 atom stereocenters. The van der Waals surface area contributed by atoms with Crippen LogP contribution in [0.5, 0.6) is 5.75 Å². The highest BCUT2D eigenvalue weighted by atomic mass is 32.1. The van der Waals surface area contributed by atoms with E-state index in [0.29, 0.717) is 4.88 Å². The summed E-state index contributed by atoms with van der Waals surface area (Å²) in [4.78, 5) is 16.1. The molecule has 1 heterocycles. The van der Waals surface area contributed by atoms with Crippen LogP contribution < -0.4 is 4.90 Å². The number of carbonyl (C=O) groups is 1. The van der Waals surface area contributed by atoms with Crippen molar-refractivity contribution in [3.05, 3.63) is 70.6 Å². The number of nitrogens with zero attached hydrogens (tertiary/aromatic N) is 1. The number of hydrogen-bond acceptors (Lipinski definition) is 3. The van der Waals surface area contributed by atoms with Crippen molar-refractivity contribution in [3.8, 4) is 16.2 Å². The number of phenols is 1. The monoisotopic (exact) mass is 337 g/mol. The van der Waals surface area contributed by atoms with Crippen LogP contribution in [0.1, 0.15) is 20.8 Å². The number of carbonyl (C=O) groups excluding carboxylic acids is 1. The molecule has 1 aromatic heterocycles. The molecule has 1 amide bonds. The van der Waals surface area contributed by atoms with E-state index >= 15 is 0 Å². The molecule has 3 nitrogen and oxygen atoms in total. The summed E-state index contributed by atoms with van der Waals surface area (Å²) in [6.07, 6.45) is 0. The quantitative estimate of drug-likeness (QED) is 0.729. The summed E-state index contributed by atoms with van der Waals surface area (Å²) >= 11 is 1.46. The van der Waals surface area contributed by atoms with Gasteiger partial charge in [-0.05, 0) is 73.0 Å². The summed E-state index contributed by atoms with van der Waals surface area (Å²) in [5.74, 6) is 0.262. The zero-order chi connectivity index (χ0) is 17.3. The lowest BCUT2D eigenvalue weighted by Gasteiger charge is -2.16. The third-order valence-corrected chi connectivity index (χ3v) is 5.11. The van der Waals surface area contributed by atoms with Gasteiger partial charge in [0.25, 0.3) is 5.91 Å². The molecule has 0 aliphatic rings. The molecule has 24 heavy (non-hydrogen) atoms. The Morgan fingerprint density at radius 3 is 2.54 bits per heavy atom. The first kappa shape index (κ1) is 16.3. The van der Waals surface area contributed by atoms with Gasteiger partial charge in [-0.3, -0.25) is 4.79 Å². The summed E-state index contributed by atoms with van der Waals surface area (Å²) < 4.78 is 0. The molecule has 3 rings (SSSR count). The average molecular weight is 337 g/mol. The first-order valence-corrected chi connectivity index (χ1v) is 8.52. The molecule has 0 saturated carbocycles. The fraction of sp³-hybridized carbons (Fsp3) is 0.150. The van der Waals surface area contributed by atoms with Gasteiger partial charge in [0.1, 0.15) is 5.75 Å². The third kappa shape index (κ3) is 3.19. The minimum absolute atomic E-state index is 0.0210. The van der Waals surface area contributed by atoms with Crippen LogP contribution in [-0.4, -0.2) is 18.1 Å². The molecule has 2 aromatic carbocycles. The molecule has 0 aliphatic heterocycles. The van der Waals surface area contributed by atoms with Crippen molar-refractivity contribution in [2.75, 3.05) is 11.9 Å². The van der Waals surface area contributed by atoms with Crippen LogP contribution in [0.15, 0.2) is 54.6 Å². The van der Waals surface area contributed by atoms with Crippen LogP contribution in [0, 0.1) is 13.8 Å². The minimum atomic E-state index is -0.0210. The number of aromatic hydroxyl groups is 1. The maximum Gasteiger partial charge on any atom is 0.268 e. The topological polar surface area (TPSA) is 40.5 Å². The van der Waals surface area contributed by atoms with Crippen LogP contribution in [0.4, 0.5) is 5.69 Å². The molecule has 1 N–H and O–H groups in total. The molecule has 0 spiro atoms. The Balaban J connectivity index is 1.87. The maximum absolute atomic E-state index is 12.7. The lowest BCUT2D eigenvalue weighted by molar-refractivity contribution is 0.0997. The Labute approximate surface area is 145 Å². The maximum atomic E-state index is 12.7. The van der Waals surface area contributed by atoms with Crippen LogP contribution in [-0.2, 0) is 0 Å². The lowest BCUT2D eigenvalue weighted by atomic mass is 10.1. The first-order valence-electron chi connectivity index (χ1n) is 7.70. The third-order valence-electron chi connectivity index (χ3n) is 3.99. The predicted molar refractivity (Wildman–Crippen MR) is 100 cm³/mol. The molecule has 4 heteroatoms. The van der Waals surface area contributed by atoms with E-state index < -0.39 is 0 Å². The second-order valence-electron chi connectivity index (χ2n) is 5.87. The van der Waals surface area contributed by atoms with Gasteiger partial charge in [0.2, 0.25) is 0 Å². The Kier molecular flexibility index (Phi) is 4.40. The number of aryl methyl sites for hydroxylation is 2. The van der Waals surface area contributed by atoms with Crippen LogP contribution in [0.3, 0.4) is 0 Å². The van der Waals surface area contributed by atoms with Crippen molar-refractivity contribution in [1.29, 1.82) is 0 Å². The minimum Gasteiger partial charge on any atom is -0.508 e. The zero-order valence-electron chi connectivity index (χ0n) is 13.9. The van der Waals surface area contributed by atoms with E-state index in [0.717, 1.165) is 27.3 Å². The Bertz CT molecular complexity index is 898. The standard InChI is InChI=1S/C20H19NO2S/c1-13-5-4-6-16(11-13)21(3)20(23)19-10-9-18(24-19)15-7-8-17(22)14(2)12-15/h4-12,22H,1-3H3. The molecular weight excluding hydrogens is 318 g/mol. The Morgan fingerprint density at radius 2 is 1.83 bits per heavy atom. The van der Waals surface area contributed by atoms with Crippen molar-refractivity contribution in [2.24, 2.45) is 0 Å². The number of anilines is 1. The van der Waals surface area contributed by atoms with Gasteiger partial charge >= 0.3 is 0 Å². The number of phenolic OH excluding ortho intramolecular Hbond substituents is 1. The van der Waals surface area contributed by atoms with Gasteiger partial charge in [0, 0.05) is 17.6 Å². The van der Waals surface area contributed by atoms with Crippen molar-refractivity contribution in [2.45, 2.75) is 13.8 Å². The van der Waals surface area contributed by atoms with E-state index in [9.17, 15) is 9.90 Å². The summed E-state index contributed by atoms with van der Waals surface area (Å²) in [6.45, 7) is 3.88. The van der Waals surface area contributed by atoms with Gasteiger partial charge < -0.3 is 10.0 Å². The van der Waals surface area contributed by atoms with Crippen molar-refractivity contribution in [3.63, 3.8) is 0 Å². The fourth-order valence-electron chi connectivity index (χ4n) is 2.54. The normalized spacial score (nSPS) is 10.6. The molecule has 0 aliphatic carbocycles. The number of benzene rings is 2. The van der Waals surface area contributed by atoms with E-state index in [1.165, 1.54) is 11.3 Å². The predicted octanol–water partition coefficient (Wildman–Crippen LogP) is 5.01. The van der Waals surface area contributed by atoms with Gasteiger partial charge in [-0.15, -0.1) is 11.3 Å². The van der Waals surface area contributed by atoms with Crippen molar-refractivity contribution < 1.29 is 9.90 Å². The van der Waals surface area contributed by atoms with Crippen LogP contribution >= 0.6 is 11.3 Å². The number of rotatable bonds is 3. The zero-order valence-corrected chi connectivity index (χ0v) is 14.7. The smallest absolute Gasteiger partial charge is 0.268 e. The second-order valence-corrected chi connectivity index (χ2v) is 6.95.